The maximum Gasteiger partial charge on any atom is 0.348 e. The summed E-state index contributed by atoms with van der Waals surface area (Å²) in [4.78, 5) is 14.0. The van der Waals surface area contributed by atoms with E-state index in [2.05, 4.69) is 5.10 Å². The van der Waals surface area contributed by atoms with E-state index < -0.39 is 5.97 Å². The van der Waals surface area contributed by atoms with Gasteiger partial charge in [-0.15, -0.1) is 11.3 Å². The number of fused-ring (bicyclic) bond motifs is 1. The lowest BCUT2D eigenvalue weighted by Gasteiger charge is -2.07. The number of esters is 1. The fraction of sp³-hybridized carbons (Fsp3) is 0.100. The van der Waals surface area contributed by atoms with Crippen molar-refractivity contribution >= 4 is 50.7 Å². The molecule has 0 aliphatic rings. The standard InChI is InChI=1S/C20H14Cl2N2O2S/c1-12-14-10-18(20(25)26-11-15-16(21)8-5-9-17(15)22)27-19(14)24(23-12)13-6-3-2-4-7-13/h2-10H,11H2,1H3. The number of halogens is 2. The lowest BCUT2D eigenvalue weighted by atomic mass is 10.2. The Labute approximate surface area is 169 Å². The number of rotatable bonds is 4. The molecule has 2 heterocycles. The molecule has 0 aliphatic heterocycles. The number of hydrogen-bond acceptors (Lipinski definition) is 4. The number of thiophene rings is 1. The highest BCUT2D eigenvalue weighted by atomic mass is 35.5. The van der Waals surface area contributed by atoms with Crippen LogP contribution in [0.3, 0.4) is 0 Å². The molecular weight excluding hydrogens is 403 g/mol. The number of aryl methyl sites for hydroxylation is 1. The van der Waals surface area contributed by atoms with E-state index in [1.54, 1.807) is 18.2 Å². The predicted molar refractivity (Wildman–Crippen MR) is 109 cm³/mol. The van der Waals surface area contributed by atoms with Gasteiger partial charge in [-0.3, -0.25) is 0 Å². The molecule has 4 aromatic rings. The number of nitrogens with zero attached hydrogens (tertiary/aromatic N) is 2. The van der Waals surface area contributed by atoms with Gasteiger partial charge in [-0.05, 0) is 37.3 Å². The van der Waals surface area contributed by atoms with E-state index in [1.165, 1.54) is 11.3 Å². The Hall–Kier alpha value is -2.34. The molecule has 2 aromatic heterocycles. The Bertz CT molecular complexity index is 1120. The highest BCUT2D eigenvalue weighted by Crippen LogP contribution is 2.31. The topological polar surface area (TPSA) is 44.1 Å². The molecule has 0 fully saturated rings. The van der Waals surface area contributed by atoms with Crippen LogP contribution in [-0.4, -0.2) is 15.7 Å². The van der Waals surface area contributed by atoms with E-state index >= 15 is 0 Å². The highest BCUT2D eigenvalue weighted by Gasteiger charge is 2.19. The van der Waals surface area contributed by atoms with Gasteiger partial charge in [-0.25, -0.2) is 9.48 Å². The van der Waals surface area contributed by atoms with Crippen molar-refractivity contribution in [2.24, 2.45) is 0 Å². The molecule has 7 heteroatoms. The summed E-state index contributed by atoms with van der Waals surface area (Å²) in [7, 11) is 0. The third kappa shape index (κ3) is 3.46. The van der Waals surface area contributed by atoms with E-state index in [-0.39, 0.29) is 6.61 Å². The molecule has 0 N–H and O–H groups in total. The molecule has 27 heavy (non-hydrogen) atoms. The van der Waals surface area contributed by atoms with E-state index in [1.807, 2.05) is 48.0 Å². The molecule has 0 bridgehead atoms. The van der Waals surface area contributed by atoms with Gasteiger partial charge in [0.2, 0.25) is 0 Å². The van der Waals surface area contributed by atoms with Crippen LogP contribution in [0, 0.1) is 6.92 Å². The van der Waals surface area contributed by atoms with Crippen molar-refractivity contribution in [3.8, 4) is 5.69 Å². The van der Waals surface area contributed by atoms with Crippen LogP contribution >= 0.6 is 34.5 Å². The van der Waals surface area contributed by atoms with Gasteiger partial charge >= 0.3 is 5.97 Å². The van der Waals surface area contributed by atoms with Gasteiger partial charge in [0.05, 0.1) is 11.4 Å². The van der Waals surface area contributed by atoms with Gasteiger partial charge in [0.25, 0.3) is 0 Å². The normalized spacial score (nSPS) is 11.1. The summed E-state index contributed by atoms with van der Waals surface area (Å²) in [5.74, 6) is -0.411. The van der Waals surface area contributed by atoms with Crippen molar-refractivity contribution in [3.05, 3.63) is 80.8 Å². The molecule has 4 rings (SSSR count). The average molecular weight is 417 g/mol. The molecular formula is C20H14Cl2N2O2S. The second kappa shape index (κ2) is 7.35. The van der Waals surface area contributed by atoms with Gasteiger partial charge in [0.15, 0.2) is 0 Å². The summed E-state index contributed by atoms with van der Waals surface area (Å²) in [5, 5.41) is 6.46. The van der Waals surface area contributed by atoms with E-state index in [0.29, 0.717) is 20.5 Å². The zero-order valence-corrected chi connectivity index (χ0v) is 16.6. The summed E-state index contributed by atoms with van der Waals surface area (Å²) in [6, 6.07) is 16.8. The number of carbonyl (C=O) groups excluding carboxylic acids is 1. The molecule has 2 aromatic carbocycles. The van der Waals surface area contributed by atoms with Gasteiger partial charge in [-0.1, -0.05) is 47.5 Å². The summed E-state index contributed by atoms with van der Waals surface area (Å²) in [6.45, 7) is 1.95. The fourth-order valence-electron chi connectivity index (χ4n) is 2.77. The lowest BCUT2D eigenvalue weighted by Crippen LogP contribution is -2.04. The molecule has 0 saturated heterocycles. The van der Waals surface area contributed by atoms with Crippen molar-refractivity contribution < 1.29 is 9.53 Å². The number of hydrogen-bond donors (Lipinski definition) is 0. The minimum absolute atomic E-state index is 0.0232. The van der Waals surface area contributed by atoms with Gasteiger partial charge in [0.1, 0.15) is 16.3 Å². The predicted octanol–water partition coefficient (Wildman–Crippen LogP) is 6.06. The second-order valence-corrected chi connectivity index (χ2v) is 7.78. The van der Waals surface area contributed by atoms with Crippen molar-refractivity contribution in [3.63, 3.8) is 0 Å². The van der Waals surface area contributed by atoms with Crippen LogP contribution in [0.5, 0.6) is 0 Å². The first-order valence-corrected chi connectivity index (χ1v) is 9.76. The second-order valence-electron chi connectivity index (χ2n) is 5.94. The molecule has 136 valence electrons. The summed E-state index contributed by atoms with van der Waals surface area (Å²) in [6.07, 6.45) is 0. The smallest absolute Gasteiger partial charge is 0.348 e. The Morgan fingerprint density at radius 2 is 1.81 bits per heavy atom. The highest BCUT2D eigenvalue weighted by molar-refractivity contribution is 7.20. The third-order valence-electron chi connectivity index (χ3n) is 4.16. The molecule has 0 aliphatic carbocycles. The van der Waals surface area contributed by atoms with Crippen molar-refractivity contribution in [1.29, 1.82) is 0 Å². The van der Waals surface area contributed by atoms with Crippen LogP contribution in [0.15, 0.2) is 54.6 Å². The maximum absolute atomic E-state index is 12.5. The maximum atomic E-state index is 12.5. The first-order valence-electron chi connectivity index (χ1n) is 8.19. The van der Waals surface area contributed by atoms with Crippen LogP contribution in [-0.2, 0) is 11.3 Å². The summed E-state index contributed by atoms with van der Waals surface area (Å²) >= 11 is 13.6. The number of aromatic nitrogens is 2. The Morgan fingerprint density at radius 1 is 1.11 bits per heavy atom. The fourth-order valence-corrected chi connectivity index (χ4v) is 4.35. The number of ether oxygens (including phenoxy) is 1. The molecule has 0 amide bonds. The third-order valence-corrected chi connectivity index (χ3v) is 5.95. The number of para-hydroxylation sites is 1. The Balaban J connectivity index is 1.62. The van der Waals surface area contributed by atoms with Crippen molar-refractivity contribution in [2.45, 2.75) is 13.5 Å². The summed E-state index contributed by atoms with van der Waals surface area (Å²) < 4.78 is 7.28. The van der Waals surface area contributed by atoms with Gasteiger partial charge in [-0.2, -0.15) is 5.10 Å². The molecule has 0 atom stereocenters. The molecule has 0 radical (unpaired) electrons. The van der Waals surface area contributed by atoms with E-state index in [0.717, 1.165) is 21.6 Å². The monoisotopic (exact) mass is 416 g/mol. The van der Waals surface area contributed by atoms with E-state index in [4.69, 9.17) is 27.9 Å². The molecule has 0 unspecified atom stereocenters. The largest absolute Gasteiger partial charge is 0.457 e. The minimum Gasteiger partial charge on any atom is -0.457 e. The molecule has 4 nitrogen and oxygen atoms in total. The van der Waals surface area contributed by atoms with Crippen LogP contribution in [0.2, 0.25) is 10.0 Å². The van der Waals surface area contributed by atoms with Crippen LogP contribution in [0.1, 0.15) is 20.9 Å². The minimum atomic E-state index is -0.411. The first-order chi connectivity index (χ1) is 13.0. The molecule has 0 saturated carbocycles. The Morgan fingerprint density at radius 3 is 2.52 bits per heavy atom. The quantitative estimate of drug-likeness (QED) is 0.379. The zero-order chi connectivity index (χ0) is 19.0. The van der Waals surface area contributed by atoms with Crippen LogP contribution in [0.4, 0.5) is 0 Å². The molecule has 0 spiro atoms. The zero-order valence-electron chi connectivity index (χ0n) is 14.3. The van der Waals surface area contributed by atoms with Crippen molar-refractivity contribution in [2.75, 3.05) is 0 Å². The first kappa shape index (κ1) is 18.0. The SMILES string of the molecule is Cc1nn(-c2ccccc2)c2sc(C(=O)OCc3c(Cl)cccc3Cl)cc12. The van der Waals surface area contributed by atoms with E-state index in [9.17, 15) is 4.79 Å². The van der Waals surface area contributed by atoms with Crippen LogP contribution in [0.25, 0.3) is 15.9 Å². The number of carbonyl (C=O) groups is 1. The summed E-state index contributed by atoms with van der Waals surface area (Å²) in [5.41, 5.74) is 2.40. The average Bonchev–Trinajstić information content (AvgIpc) is 3.23. The lowest BCUT2D eigenvalue weighted by molar-refractivity contribution is 0.0479. The number of benzene rings is 2. The van der Waals surface area contributed by atoms with Crippen LogP contribution < -0.4 is 0 Å². The van der Waals surface area contributed by atoms with Crippen molar-refractivity contribution in [1.82, 2.24) is 9.78 Å². The van der Waals surface area contributed by atoms with Gasteiger partial charge in [0, 0.05) is 21.0 Å². The Kier molecular flexibility index (Phi) is 4.91. The van der Waals surface area contributed by atoms with Gasteiger partial charge < -0.3 is 4.74 Å².